The number of hydrogen-bond acceptors (Lipinski definition) is 7. The van der Waals surface area contributed by atoms with Crippen molar-refractivity contribution in [3.8, 4) is 11.3 Å². The maximum absolute atomic E-state index is 13.4. The van der Waals surface area contributed by atoms with Crippen molar-refractivity contribution in [3.05, 3.63) is 61.6 Å². The van der Waals surface area contributed by atoms with Crippen LogP contribution in [0.1, 0.15) is 17.9 Å². The fourth-order valence-corrected chi connectivity index (χ4v) is 3.70. The van der Waals surface area contributed by atoms with Crippen LogP contribution in [0.15, 0.2) is 33.2 Å². The van der Waals surface area contributed by atoms with Crippen LogP contribution < -0.4 is 22.3 Å². The molecule has 0 saturated heterocycles. The van der Waals surface area contributed by atoms with Crippen LogP contribution in [0.5, 0.6) is 0 Å². The van der Waals surface area contributed by atoms with Gasteiger partial charge in [0.15, 0.2) is 16.8 Å². The zero-order valence-electron chi connectivity index (χ0n) is 16.5. The molecule has 2 aromatic heterocycles. The highest BCUT2D eigenvalue weighted by molar-refractivity contribution is 7.14. The van der Waals surface area contributed by atoms with Crippen molar-refractivity contribution in [3.63, 3.8) is 0 Å². The molecule has 0 saturated carbocycles. The van der Waals surface area contributed by atoms with Gasteiger partial charge >= 0.3 is 5.69 Å². The fraction of sp³-hybridized carbons (Fsp3) is 0.211. The number of nitrogen functional groups attached to an aromatic ring is 1. The molecule has 162 valence electrons. The van der Waals surface area contributed by atoms with Gasteiger partial charge in [0.1, 0.15) is 5.82 Å². The van der Waals surface area contributed by atoms with E-state index in [1.165, 1.54) is 20.2 Å². The van der Waals surface area contributed by atoms with Gasteiger partial charge in [0.05, 0.1) is 11.3 Å². The van der Waals surface area contributed by atoms with Crippen molar-refractivity contribution in [1.82, 2.24) is 14.1 Å². The number of carbonyl (C=O) groups excluding carboxylic acids is 1. The molecular formula is C19H18F2N6O3S. The first-order valence-corrected chi connectivity index (χ1v) is 9.78. The fourth-order valence-electron chi connectivity index (χ4n) is 2.97. The van der Waals surface area contributed by atoms with Gasteiger partial charge in [0, 0.05) is 43.6 Å². The van der Waals surface area contributed by atoms with Gasteiger partial charge in [-0.2, -0.15) is 0 Å². The summed E-state index contributed by atoms with van der Waals surface area (Å²) >= 11 is 1.07. The van der Waals surface area contributed by atoms with Crippen molar-refractivity contribution < 1.29 is 13.6 Å². The summed E-state index contributed by atoms with van der Waals surface area (Å²) in [5, 5.41) is 12.0. The molecule has 9 nitrogen and oxygen atoms in total. The van der Waals surface area contributed by atoms with Crippen molar-refractivity contribution >= 4 is 34.4 Å². The minimum absolute atomic E-state index is 0.0311. The average molecular weight is 448 g/mol. The molecule has 1 aromatic carbocycles. The quantitative estimate of drug-likeness (QED) is 0.494. The van der Waals surface area contributed by atoms with Gasteiger partial charge in [-0.3, -0.25) is 18.7 Å². The first-order chi connectivity index (χ1) is 14.6. The summed E-state index contributed by atoms with van der Waals surface area (Å²) in [6.07, 6.45) is 0.618. The van der Waals surface area contributed by atoms with Crippen LogP contribution >= 0.6 is 11.3 Å². The third kappa shape index (κ3) is 4.28. The summed E-state index contributed by atoms with van der Waals surface area (Å²) in [5.41, 5.74) is 5.25. The van der Waals surface area contributed by atoms with Crippen LogP contribution in [0.4, 0.5) is 19.7 Å². The SMILES string of the molecule is Cn1c(N)c(C(C=N)CC(=O)Nc2nc(-c3ccc(F)c(F)c3)cs2)c(=O)n(C)c1=O. The molecule has 1 atom stereocenters. The number of aromatic nitrogens is 3. The summed E-state index contributed by atoms with van der Waals surface area (Å²) in [4.78, 5) is 41.1. The van der Waals surface area contributed by atoms with Crippen LogP contribution in [0, 0.1) is 17.0 Å². The monoisotopic (exact) mass is 448 g/mol. The summed E-state index contributed by atoms with van der Waals surface area (Å²) in [6, 6.07) is 3.34. The molecule has 3 rings (SSSR count). The largest absolute Gasteiger partial charge is 0.385 e. The number of rotatable bonds is 6. The third-order valence-electron chi connectivity index (χ3n) is 4.69. The van der Waals surface area contributed by atoms with Crippen LogP contribution in [0.2, 0.25) is 0 Å². The number of carbonyl (C=O) groups is 1. The highest BCUT2D eigenvalue weighted by atomic mass is 32.1. The van der Waals surface area contributed by atoms with Crippen LogP contribution in [-0.4, -0.2) is 26.2 Å². The molecule has 0 aliphatic rings. The van der Waals surface area contributed by atoms with E-state index in [1.54, 1.807) is 5.38 Å². The van der Waals surface area contributed by atoms with Gasteiger partial charge in [-0.1, -0.05) is 0 Å². The molecule has 0 aliphatic carbocycles. The minimum atomic E-state index is -1.01. The average Bonchev–Trinajstić information content (AvgIpc) is 3.20. The molecule has 0 radical (unpaired) electrons. The van der Waals surface area contributed by atoms with Crippen LogP contribution in [0.25, 0.3) is 11.3 Å². The van der Waals surface area contributed by atoms with E-state index in [2.05, 4.69) is 10.3 Å². The first kappa shape index (κ1) is 22.0. The molecule has 2 heterocycles. The van der Waals surface area contributed by atoms with E-state index >= 15 is 0 Å². The molecule has 3 aromatic rings. The first-order valence-electron chi connectivity index (χ1n) is 8.90. The Balaban J connectivity index is 1.80. The second-order valence-corrected chi connectivity index (χ2v) is 7.56. The number of nitrogens with two attached hydrogens (primary N) is 1. The van der Waals surface area contributed by atoms with Crippen molar-refractivity contribution in [2.45, 2.75) is 12.3 Å². The van der Waals surface area contributed by atoms with E-state index in [4.69, 9.17) is 11.1 Å². The number of amides is 1. The molecule has 0 fully saturated rings. The smallest absolute Gasteiger partial charge is 0.332 e. The molecule has 4 N–H and O–H groups in total. The highest BCUT2D eigenvalue weighted by Gasteiger charge is 2.24. The van der Waals surface area contributed by atoms with Gasteiger partial charge < -0.3 is 16.5 Å². The van der Waals surface area contributed by atoms with Crippen LogP contribution in [-0.2, 0) is 18.9 Å². The van der Waals surface area contributed by atoms with Gasteiger partial charge in [-0.25, -0.2) is 18.6 Å². The van der Waals surface area contributed by atoms with Gasteiger partial charge in [-0.15, -0.1) is 11.3 Å². The number of halogens is 2. The Bertz CT molecular complexity index is 1300. The second kappa shape index (κ2) is 8.60. The predicted octanol–water partition coefficient (Wildman–Crippen LogP) is 1.83. The molecule has 1 amide bonds. The van der Waals surface area contributed by atoms with Gasteiger partial charge in [-0.05, 0) is 18.2 Å². The maximum atomic E-state index is 13.4. The van der Waals surface area contributed by atoms with E-state index in [-0.39, 0.29) is 22.9 Å². The molecule has 0 aliphatic heterocycles. The maximum Gasteiger partial charge on any atom is 0.332 e. The summed E-state index contributed by atoms with van der Waals surface area (Å²) in [6.45, 7) is 0. The Hall–Kier alpha value is -3.67. The van der Waals surface area contributed by atoms with E-state index in [0.717, 1.165) is 38.8 Å². The number of benzene rings is 1. The Labute approximate surface area is 178 Å². The van der Waals surface area contributed by atoms with Gasteiger partial charge in [0.25, 0.3) is 5.56 Å². The topological polar surface area (TPSA) is 136 Å². The van der Waals surface area contributed by atoms with E-state index in [1.807, 2.05) is 0 Å². The number of anilines is 2. The van der Waals surface area contributed by atoms with Crippen molar-refractivity contribution in [2.75, 3.05) is 11.1 Å². The Morgan fingerprint density at radius 2 is 2.00 bits per heavy atom. The van der Waals surface area contributed by atoms with E-state index in [0.29, 0.717) is 11.3 Å². The molecule has 0 spiro atoms. The standard InChI is InChI=1S/C19H18F2N6O3S/c1-26-16(23)15(17(29)27(2)19(26)30)10(7-22)6-14(28)25-18-24-13(8-31-18)9-3-4-11(20)12(21)5-9/h3-5,7-8,10,22H,6,23H2,1-2H3,(H,24,25,28). The lowest BCUT2D eigenvalue weighted by Gasteiger charge is -2.16. The Morgan fingerprint density at radius 1 is 1.29 bits per heavy atom. The van der Waals surface area contributed by atoms with E-state index < -0.39 is 34.7 Å². The van der Waals surface area contributed by atoms with Crippen LogP contribution in [0.3, 0.4) is 0 Å². The summed E-state index contributed by atoms with van der Waals surface area (Å²) in [5.74, 6) is -3.62. The number of nitrogens with one attached hydrogen (secondary N) is 2. The molecule has 31 heavy (non-hydrogen) atoms. The Morgan fingerprint density at radius 3 is 2.65 bits per heavy atom. The lowest BCUT2D eigenvalue weighted by molar-refractivity contribution is -0.116. The molecule has 12 heteroatoms. The normalized spacial score (nSPS) is 11.9. The summed E-state index contributed by atoms with van der Waals surface area (Å²) in [7, 11) is 2.67. The van der Waals surface area contributed by atoms with Crippen molar-refractivity contribution in [2.24, 2.45) is 14.1 Å². The predicted molar refractivity (Wildman–Crippen MR) is 114 cm³/mol. The molecular weight excluding hydrogens is 430 g/mol. The minimum Gasteiger partial charge on any atom is -0.385 e. The summed E-state index contributed by atoms with van der Waals surface area (Å²) < 4.78 is 28.4. The third-order valence-corrected chi connectivity index (χ3v) is 5.45. The van der Waals surface area contributed by atoms with Crippen molar-refractivity contribution in [1.29, 1.82) is 5.41 Å². The molecule has 1 unspecified atom stereocenters. The van der Waals surface area contributed by atoms with Gasteiger partial charge in [0.2, 0.25) is 5.91 Å². The number of nitrogens with zero attached hydrogens (tertiary/aromatic N) is 3. The number of thiazole rings is 1. The highest BCUT2D eigenvalue weighted by Crippen LogP contribution is 2.27. The zero-order chi connectivity index (χ0) is 22.9. The second-order valence-electron chi connectivity index (χ2n) is 6.70. The van der Waals surface area contributed by atoms with E-state index in [9.17, 15) is 23.2 Å². The zero-order valence-corrected chi connectivity index (χ0v) is 17.3. The lowest BCUT2D eigenvalue weighted by Crippen LogP contribution is -2.41. The number of hydrogen-bond donors (Lipinski definition) is 3. The lowest BCUT2D eigenvalue weighted by atomic mass is 9.98. The Kier molecular flexibility index (Phi) is 6.11. The molecule has 0 bridgehead atoms.